The molecule has 0 bridgehead atoms. The number of hydrogen-bond donors (Lipinski definition) is 11. The molecule has 0 heterocycles. The Morgan fingerprint density at radius 2 is 1.33 bits per heavy atom. The molecule has 0 aromatic carbocycles. The molecule has 0 aliphatic rings. The van der Waals surface area contributed by atoms with Gasteiger partial charge in [-0.05, 0) is 0 Å². The fraction of sp³-hybridized carbons (Fsp3) is 0.615. The van der Waals surface area contributed by atoms with E-state index in [1.165, 1.54) is 0 Å². The van der Waals surface area contributed by atoms with Crippen LogP contribution in [0.25, 0.3) is 0 Å². The molecular formula is C13H26N2O15. The van der Waals surface area contributed by atoms with Crippen LogP contribution in [0.15, 0.2) is 0 Å². The lowest BCUT2D eigenvalue weighted by molar-refractivity contribution is -0.179. The summed E-state index contributed by atoms with van der Waals surface area (Å²) in [5.41, 5.74) is -3.01. The molecule has 30 heavy (non-hydrogen) atoms. The van der Waals surface area contributed by atoms with Gasteiger partial charge in [0.2, 0.25) is 0 Å². The van der Waals surface area contributed by atoms with E-state index in [1.807, 2.05) is 0 Å². The van der Waals surface area contributed by atoms with Crippen LogP contribution in [0.2, 0.25) is 0 Å². The van der Waals surface area contributed by atoms with Gasteiger partial charge < -0.3 is 63.0 Å². The number of aliphatic hydroxyl groups excluding tert-OH is 4. The van der Waals surface area contributed by atoms with Crippen molar-refractivity contribution in [3.63, 3.8) is 0 Å². The van der Waals surface area contributed by atoms with Crippen molar-refractivity contribution >= 4 is 30.3 Å². The number of carbonyl (C=O) groups is 5. The molecule has 0 amide bonds. The van der Waals surface area contributed by atoms with Crippen LogP contribution in [-0.2, 0) is 23.9 Å². The first-order valence-electron chi connectivity index (χ1n) is 7.11. The quantitative estimate of drug-likeness (QED) is 0.107. The summed E-state index contributed by atoms with van der Waals surface area (Å²) in [7, 11) is 0. The molecule has 15 N–H and O–H groups in total. The second-order valence-corrected chi connectivity index (χ2v) is 5.19. The Morgan fingerprint density at radius 1 is 0.900 bits per heavy atom. The van der Waals surface area contributed by atoms with Crippen LogP contribution in [0.1, 0.15) is 12.8 Å². The summed E-state index contributed by atoms with van der Waals surface area (Å²) in [5.74, 6) is -5.30. The van der Waals surface area contributed by atoms with Gasteiger partial charge in [0.15, 0.2) is 18.0 Å². The van der Waals surface area contributed by atoms with E-state index in [1.54, 1.807) is 0 Å². The highest BCUT2D eigenvalue weighted by Gasteiger charge is 2.42. The molecule has 178 valence electrons. The molecule has 0 spiro atoms. The predicted octanol–water partition coefficient (Wildman–Crippen LogP) is -3.60. The second-order valence-electron chi connectivity index (χ2n) is 5.19. The number of rotatable bonds is 11. The zero-order valence-corrected chi connectivity index (χ0v) is 15.4. The zero-order valence-electron chi connectivity index (χ0n) is 15.4. The van der Waals surface area contributed by atoms with Crippen molar-refractivity contribution < 1.29 is 74.7 Å². The van der Waals surface area contributed by atoms with Gasteiger partial charge in [0.1, 0.15) is 18.3 Å². The standard InChI is InChI=1S/C12H18O12.CH2O3.2H3N/c13-3-5(15)9(19)10(20)6(4-14)24-8(18)2-12(23,11(21)22)1-7(16)17;2-1(3)4;;/h4-6,9-10,13,15,19-20,23H,1-3H2,(H,16,17)(H,21,22);(H2,2,3,4);2*1H3/t5-,6+,9-,10-,12?;;;/m1.../s1. The number of carboxylic acid groups (broad SMARTS) is 4. The van der Waals surface area contributed by atoms with Crippen molar-refractivity contribution in [1.82, 2.24) is 12.3 Å². The minimum Gasteiger partial charge on any atom is -0.481 e. The third-order valence-corrected chi connectivity index (χ3v) is 2.95. The van der Waals surface area contributed by atoms with E-state index in [0.717, 1.165) is 0 Å². The molecule has 0 aliphatic carbocycles. The number of carboxylic acids is 2. The van der Waals surface area contributed by atoms with Crippen LogP contribution in [0.3, 0.4) is 0 Å². The lowest BCUT2D eigenvalue weighted by atomic mass is 9.96. The number of aldehydes is 1. The molecule has 0 rings (SSSR count). The fourth-order valence-corrected chi connectivity index (χ4v) is 1.60. The van der Waals surface area contributed by atoms with Crippen molar-refractivity contribution in [2.24, 2.45) is 0 Å². The monoisotopic (exact) mass is 450 g/mol. The van der Waals surface area contributed by atoms with Gasteiger partial charge in [-0.1, -0.05) is 0 Å². The van der Waals surface area contributed by atoms with E-state index in [0.29, 0.717) is 0 Å². The normalized spacial score (nSPS) is 15.6. The van der Waals surface area contributed by atoms with Crippen molar-refractivity contribution in [1.29, 1.82) is 0 Å². The Balaban J connectivity index is -0.000000513. The molecule has 0 fully saturated rings. The third-order valence-electron chi connectivity index (χ3n) is 2.95. The second kappa shape index (κ2) is 15.9. The average Bonchev–Trinajstić information content (AvgIpc) is 2.56. The van der Waals surface area contributed by atoms with Crippen molar-refractivity contribution in [3.8, 4) is 0 Å². The molecule has 1 unspecified atom stereocenters. The molecule has 0 aliphatic heterocycles. The maximum absolute atomic E-state index is 11.6. The molecule has 0 radical (unpaired) electrons. The molecule has 0 saturated heterocycles. The van der Waals surface area contributed by atoms with E-state index >= 15 is 0 Å². The Morgan fingerprint density at radius 3 is 1.63 bits per heavy atom. The molecular weight excluding hydrogens is 424 g/mol. The van der Waals surface area contributed by atoms with Crippen LogP contribution < -0.4 is 12.3 Å². The molecule has 0 aromatic rings. The first-order valence-corrected chi connectivity index (χ1v) is 7.11. The number of esters is 1. The Hall–Kier alpha value is -2.93. The van der Waals surface area contributed by atoms with Gasteiger partial charge >= 0.3 is 24.1 Å². The van der Waals surface area contributed by atoms with Gasteiger partial charge in [-0.15, -0.1) is 0 Å². The Labute approximate surface area is 167 Å². The minimum atomic E-state index is -3.01. The van der Waals surface area contributed by atoms with Gasteiger partial charge in [-0.3, -0.25) is 14.4 Å². The lowest BCUT2D eigenvalue weighted by Crippen LogP contribution is -2.49. The highest BCUT2D eigenvalue weighted by atomic mass is 16.6. The summed E-state index contributed by atoms with van der Waals surface area (Å²) < 4.78 is 4.38. The van der Waals surface area contributed by atoms with E-state index in [4.69, 9.17) is 35.4 Å². The SMILES string of the molecule is N.N.O=C(O)O.O=C[C@H](OC(=O)CC(O)(CC(=O)O)C(=O)O)[C@@H](O)[C@H](O)[C@H](O)CO. The van der Waals surface area contributed by atoms with E-state index in [2.05, 4.69) is 4.74 Å². The molecule has 17 nitrogen and oxygen atoms in total. The topological polar surface area (TPSA) is 347 Å². The maximum atomic E-state index is 11.6. The predicted molar refractivity (Wildman–Crippen MR) is 91.2 cm³/mol. The van der Waals surface area contributed by atoms with E-state index in [-0.39, 0.29) is 18.6 Å². The van der Waals surface area contributed by atoms with Crippen LogP contribution in [-0.4, -0.2) is 113 Å². The van der Waals surface area contributed by atoms with Crippen molar-refractivity contribution in [3.05, 3.63) is 0 Å². The Bertz CT molecular complexity index is 567. The number of carbonyl (C=O) groups excluding carboxylic acids is 2. The summed E-state index contributed by atoms with van der Waals surface area (Å²) in [5, 5.41) is 77.6. The van der Waals surface area contributed by atoms with Gasteiger partial charge in [-0.2, -0.15) is 0 Å². The van der Waals surface area contributed by atoms with Crippen LogP contribution in [0.4, 0.5) is 4.79 Å². The first kappa shape index (κ1) is 34.6. The lowest BCUT2D eigenvalue weighted by Gasteiger charge is -2.26. The largest absolute Gasteiger partial charge is 0.503 e. The highest BCUT2D eigenvalue weighted by Crippen LogP contribution is 2.18. The summed E-state index contributed by atoms with van der Waals surface area (Å²) in [6.07, 6.45) is -12.8. The van der Waals surface area contributed by atoms with Gasteiger partial charge in [0.05, 0.1) is 19.4 Å². The van der Waals surface area contributed by atoms with Crippen molar-refractivity contribution in [2.45, 2.75) is 42.9 Å². The van der Waals surface area contributed by atoms with Crippen LogP contribution in [0, 0.1) is 0 Å². The van der Waals surface area contributed by atoms with Crippen LogP contribution >= 0.6 is 0 Å². The van der Waals surface area contributed by atoms with Gasteiger partial charge in [0, 0.05) is 0 Å². The molecule has 17 heteroatoms. The Kier molecular flexibility index (Phi) is 18.4. The molecule has 5 atom stereocenters. The van der Waals surface area contributed by atoms with Crippen LogP contribution in [0.5, 0.6) is 0 Å². The average molecular weight is 450 g/mol. The third kappa shape index (κ3) is 13.3. The van der Waals surface area contributed by atoms with E-state index in [9.17, 15) is 34.5 Å². The highest BCUT2D eigenvalue weighted by molar-refractivity contribution is 5.88. The number of ether oxygens (including phenoxy) is 1. The number of aliphatic hydroxyl groups is 5. The fourth-order valence-electron chi connectivity index (χ4n) is 1.60. The van der Waals surface area contributed by atoms with Gasteiger partial charge in [0.25, 0.3) is 0 Å². The molecule has 0 aromatic heterocycles. The summed E-state index contributed by atoms with van der Waals surface area (Å²) >= 11 is 0. The summed E-state index contributed by atoms with van der Waals surface area (Å²) in [6, 6.07) is 0. The van der Waals surface area contributed by atoms with Gasteiger partial charge in [-0.25, -0.2) is 9.59 Å². The maximum Gasteiger partial charge on any atom is 0.503 e. The van der Waals surface area contributed by atoms with Crippen molar-refractivity contribution in [2.75, 3.05) is 6.61 Å². The summed E-state index contributed by atoms with van der Waals surface area (Å²) in [4.78, 5) is 52.3. The summed E-state index contributed by atoms with van der Waals surface area (Å²) in [6.45, 7) is -0.977. The van der Waals surface area contributed by atoms with E-state index < -0.39 is 73.5 Å². The zero-order chi connectivity index (χ0) is 22.7. The number of aliphatic carboxylic acids is 2. The smallest absolute Gasteiger partial charge is 0.481 e. The first-order chi connectivity index (χ1) is 12.7. The molecule has 0 saturated carbocycles. The number of hydrogen-bond acceptors (Lipinski definition) is 13. The minimum absolute atomic E-state index is 0.